The van der Waals surface area contributed by atoms with E-state index in [0.717, 1.165) is 42.8 Å². The summed E-state index contributed by atoms with van der Waals surface area (Å²) in [5, 5.41) is 0. The summed E-state index contributed by atoms with van der Waals surface area (Å²) in [4.78, 5) is 9.28. The standard InChI is InChI=1S/C19H23N3O3S/c1-14-20-12-15-7-9-19(18(15)21-14)8-4-10-22(13-19)26(23,24)17-6-3-5-16(11-17)25-2/h3,5-6,11-12H,4,7-10,13H2,1-2H3. The second kappa shape index (κ2) is 6.32. The Balaban J connectivity index is 1.69. The summed E-state index contributed by atoms with van der Waals surface area (Å²) in [7, 11) is -2.02. The molecule has 1 aliphatic carbocycles. The van der Waals surface area contributed by atoms with Crippen molar-refractivity contribution in [2.24, 2.45) is 0 Å². The minimum absolute atomic E-state index is 0.187. The molecule has 0 radical (unpaired) electrons. The van der Waals surface area contributed by atoms with Crippen molar-refractivity contribution in [3.05, 3.63) is 47.5 Å². The Kier molecular flexibility index (Phi) is 4.23. The zero-order valence-electron chi connectivity index (χ0n) is 15.1. The highest BCUT2D eigenvalue weighted by Gasteiger charge is 2.46. The van der Waals surface area contributed by atoms with E-state index in [1.54, 1.807) is 35.7 Å². The molecule has 1 aromatic heterocycles. The Morgan fingerprint density at radius 3 is 2.92 bits per heavy atom. The normalized spacial score (nSPS) is 23.2. The van der Waals surface area contributed by atoms with E-state index in [1.165, 1.54) is 0 Å². The third-order valence-electron chi connectivity index (χ3n) is 5.58. The Hall–Kier alpha value is -1.99. The number of aryl methyl sites for hydroxylation is 2. The molecule has 1 aromatic carbocycles. The summed E-state index contributed by atoms with van der Waals surface area (Å²) in [6.07, 6.45) is 5.57. The first-order valence-electron chi connectivity index (χ1n) is 8.92. The van der Waals surface area contributed by atoms with E-state index >= 15 is 0 Å². The van der Waals surface area contributed by atoms with Crippen LogP contribution in [0.1, 0.15) is 36.3 Å². The fourth-order valence-corrected chi connectivity index (χ4v) is 5.83. The van der Waals surface area contributed by atoms with Crippen molar-refractivity contribution in [2.45, 2.75) is 42.9 Å². The van der Waals surface area contributed by atoms with Crippen LogP contribution in [0.5, 0.6) is 5.75 Å². The molecule has 138 valence electrons. The van der Waals surface area contributed by atoms with Gasteiger partial charge >= 0.3 is 0 Å². The predicted molar refractivity (Wildman–Crippen MR) is 97.8 cm³/mol. The number of rotatable bonds is 3. The van der Waals surface area contributed by atoms with Crippen LogP contribution >= 0.6 is 0 Å². The number of aromatic nitrogens is 2. The van der Waals surface area contributed by atoms with Gasteiger partial charge in [0, 0.05) is 30.8 Å². The fourth-order valence-electron chi connectivity index (χ4n) is 4.23. The highest BCUT2D eigenvalue weighted by Crippen LogP contribution is 2.44. The van der Waals surface area contributed by atoms with Crippen LogP contribution in [0.15, 0.2) is 35.4 Å². The first-order valence-corrected chi connectivity index (χ1v) is 10.4. The largest absolute Gasteiger partial charge is 0.497 e. The van der Waals surface area contributed by atoms with E-state index in [0.29, 0.717) is 18.8 Å². The molecule has 1 spiro atoms. The van der Waals surface area contributed by atoms with E-state index < -0.39 is 10.0 Å². The van der Waals surface area contributed by atoms with Crippen LogP contribution in [0, 0.1) is 6.92 Å². The van der Waals surface area contributed by atoms with Gasteiger partial charge in [0.25, 0.3) is 0 Å². The molecule has 2 aliphatic rings. The molecule has 0 N–H and O–H groups in total. The number of sulfonamides is 1. The average molecular weight is 373 g/mol. The molecule has 1 aliphatic heterocycles. The molecule has 0 amide bonds. The van der Waals surface area contributed by atoms with E-state index in [2.05, 4.69) is 4.98 Å². The van der Waals surface area contributed by atoms with Crippen molar-refractivity contribution in [1.29, 1.82) is 0 Å². The van der Waals surface area contributed by atoms with Crippen molar-refractivity contribution >= 4 is 10.0 Å². The van der Waals surface area contributed by atoms with Gasteiger partial charge in [-0.1, -0.05) is 6.07 Å². The van der Waals surface area contributed by atoms with Gasteiger partial charge in [-0.15, -0.1) is 0 Å². The van der Waals surface area contributed by atoms with Crippen LogP contribution < -0.4 is 4.74 Å². The van der Waals surface area contributed by atoms with Crippen LogP contribution in [-0.4, -0.2) is 42.9 Å². The number of ether oxygens (including phenoxy) is 1. The number of methoxy groups -OCH3 is 1. The number of benzene rings is 1. The number of piperidine rings is 1. The maximum atomic E-state index is 13.2. The maximum absolute atomic E-state index is 13.2. The fraction of sp³-hybridized carbons (Fsp3) is 0.474. The lowest BCUT2D eigenvalue weighted by molar-refractivity contribution is 0.219. The lowest BCUT2D eigenvalue weighted by Gasteiger charge is -2.39. The monoisotopic (exact) mass is 373 g/mol. The van der Waals surface area contributed by atoms with Gasteiger partial charge < -0.3 is 4.74 Å². The first kappa shape index (κ1) is 17.4. The minimum atomic E-state index is -3.56. The Morgan fingerprint density at radius 2 is 2.12 bits per heavy atom. The minimum Gasteiger partial charge on any atom is -0.497 e. The zero-order chi connectivity index (χ0) is 18.4. The van der Waals surface area contributed by atoms with Gasteiger partial charge in [0.05, 0.1) is 17.7 Å². The molecular weight excluding hydrogens is 350 g/mol. The van der Waals surface area contributed by atoms with Gasteiger partial charge in [0.15, 0.2) is 0 Å². The van der Waals surface area contributed by atoms with Gasteiger partial charge in [-0.25, -0.2) is 18.4 Å². The zero-order valence-corrected chi connectivity index (χ0v) is 15.9. The lowest BCUT2D eigenvalue weighted by Crippen LogP contribution is -2.47. The van der Waals surface area contributed by atoms with Gasteiger partial charge in [-0.2, -0.15) is 4.31 Å². The maximum Gasteiger partial charge on any atom is 0.243 e. The van der Waals surface area contributed by atoms with Crippen LogP contribution in [0.4, 0.5) is 0 Å². The van der Waals surface area contributed by atoms with Crippen LogP contribution in [-0.2, 0) is 21.9 Å². The summed E-state index contributed by atoms with van der Waals surface area (Å²) in [5.74, 6) is 1.30. The molecule has 0 saturated carbocycles. The summed E-state index contributed by atoms with van der Waals surface area (Å²) < 4.78 is 33.2. The molecular formula is C19H23N3O3S. The number of nitrogens with zero attached hydrogens (tertiary/aromatic N) is 3. The number of hydrogen-bond donors (Lipinski definition) is 0. The third kappa shape index (κ3) is 2.79. The van der Waals surface area contributed by atoms with Crippen LogP contribution in [0.25, 0.3) is 0 Å². The van der Waals surface area contributed by atoms with Crippen LogP contribution in [0.3, 0.4) is 0 Å². The van der Waals surface area contributed by atoms with E-state index in [-0.39, 0.29) is 10.3 Å². The second-order valence-electron chi connectivity index (χ2n) is 7.19. The second-order valence-corrected chi connectivity index (χ2v) is 9.13. The van der Waals surface area contributed by atoms with Gasteiger partial charge in [-0.05, 0) is 50.3 Å². The molecule has 26 heavy (non-hydrogen) atoms. The van der Waals surface area contributed by atoms with Crippen molar-refractivity contribution in [1.82, 2.24) is 14.3 Å². The van der Waals surface area contributed by atoms with Crippen molar-refractivity contribution in [3.63, 3.8) is 0 Å². The summed E-state index contributed by atoms with van der Waals surface area (Å²) in [5.41, 5.74) is 2.03. The molecule has 7 heteroatoms. The van der Waals surface area contributed by atoms with Crippen molar-refractivity contribution < 1.29 is 13.2 Å². The van der Waals surface area contributed by atoms with E-state index in [9.17, 15) is 8.42 Å². The molecule has 4 rings (SSSR count). The van der Waals surface area contributed by atoms with Gasteiger partial charge in [0.2, 0.25) is 10.0 Å². The van der Waals surface area contributed by atoms with Gasteiger partial charge in [-0.3, -0.25) is 0 Å². The summed E-state index contributed by atoms with van der Waals surface area (Å²) in [6, 6.07) is 6.69. The molecule has 1 saturated heterocycles. The smallest absolute Gasteiger partial charge is 0.243 e. The van der Waals surface area contributed by atoms with E-state index in [1.807, 2.05) is 13.1 Å². The molecule has 6 nitrogen and oxygen atoms in total. The molecule has 1 fully saturated rings. The molecule has 0 bridgehead atoms. The molecule has 1 unspecified atom stereocenters. The van der Waals surface area contributed by atoms with Crippen molar-refractivity contribution in [2.75, 3.05) is 20.2 Å². The highest BCUT2D eigenvalue weighted by molar-refractivity contribution is 7.89. The van der Waals surface area contributed by atoms with Crippen molar-refractivity contribution in [3.8, 4) is 5.75 Å². The number of fused-ring (bicyclic) bond motifs is 2. The third-order valence-corrected chi connectivity index (χ3v) is 7.42. The molecule has 2 aromatic rings. The lowest BCUT2D eigenvalue weighted by atomic mass is 9.78. The quantitative estimate of drug-likeness (QED) is 0.826. The predicted octanol–water partition coefficient (Wildman–Crippen LogP) is 2.46. The Labute approximate surface area is 154 Å². The Morgan fingerprint density at radius 1 is 1.27 bits per heavy atom. The van der Waals surface area contributed by atoms with E-state index in [4.69, 9.17) is 9.72 Å². The first-order chi connectivity index (χ1) is 12.4. The average Bonchev–Trinajstić information content (AvgIpc) is 2.99. The topological polar surface area (TPSA) is 72.4 Å². The highest BCUT2D eigenvalue weighted by atomic mass is 32.2. The molecule has 2 heterocycles. The van der Waals surface area contributed by atoms with Gasteiger partial charge in [0.1, 0.15) is 11.6 Å². The SMILES string of the molecule is COc1cccc(S(=O)(=O)N2CCCC3(CCc4cnc(C)nc43)C2)c1. The Bertz CT molecular complexity index is 941. The summed E-state index contributed by atoms with van der Waals surface area (Å²) >= 11 is 0. The van der Waals surface area contributed by atoms with Crippen LogP contribution in [0.2, 0.25) is 0 Å². The summed E-state index contributed by atoms with van der Waals surface area (Å²) in [6.45, 7) is 2.91. The molecule has 1 atom stereocenters. The number of hydrogen-bond acceptors (Lipinski definition) is 5.